The zero-order valence-corrected chi connectivity index (χ0v) is 17.8. The molecule has 4 rings (SSSR count). The molecule has 0 saturated carbocycles. The number of aryl methyl sites for hydroxylation is 2. The first-order chi connectivity index (χ1) is 15.1. The highest BCUT2D eigenvalue weighted by Gasteiger charge is 2.35. The zero-order valence-electron chi connectivity index (χ0n) is 17.8. The first-order valence-electron chi connectivity index (χ1n) is 10.3. The highest BCUT2D eigenvalue weighted by Crippen LogP contribution is 2.36. The number of nitrogens with zero attached hydrogens (tertiary/aromatic N) is 5. The number of carbonyl (C=O) groups excluding carboxylic acids is 1. The molecule has 0 spiro atoms. The lowest BCUT2D eigenvalue weighted by molar-refractivity contribution is -0.136. The Bertz CT molecular complexity index is 1150. The molecular formula is C22H23F4N5O. The Morgan fingerprint density at radius 2 is 1.81 bits per heavy atom. The molecule has 1 aromatic carbocycles. The maximum atomic E-state index is 13.5. The number of alkyl halides is 3. The predicted octanol–water partition coefficient (Wildman–Crippen LogP) is 3.55. The van der Waals surface area contributed by atoms with Crippen molar-refractivity contribution < 1.29 is 22.4 Å². The predicted molar refractivity (Wildman–Crippen MR) is 110 cm³/mol. The van der Waals surface area contributed by atoms with Crippen LogP contribution < -0.4 is 0 Å². The third-order valence-corrected chi connectivity index (χ3v) is 5.62. The molecule has 0 unspecified atom stereocenters. The Kier molecular flexibility index (Phi) is 5.89. The summed E-state index contributed by atoms with van der Waals surface area (Å²) < 4.78 is 55.1. The standard InChI is InChI=1S/C22H23F4N5O/c1-14-10-18(22(24,25)26)20-15(2)28-31(21(20)27-14)13-19(32)30-8-6-29(7-9-30)12-16-4-3-5-17(23)11-16/h3-5,10-11H,6-9,12-13H2,1-2H3. The topological polar surface area (TPSA) is 54.3 Å². The van der Waals surface area contributed by atoms with Crippen molar-refractivity contribution in [1.82, 2.24) is 24.6 Å². The van der Waals surface area contributed by atoms with E-state index in [1.165, 1.54) is 30.7 Å². The van der Waals surface area contributed by atoms with Gasteiger partial charge in [0.1, 0.15) is 12.4 Å². The highest BCUT2D eigenvalue weighted by molar-refractivity contribution is 5.85. The van der Waals surface area contributed by atoms with E-state index in [2.05, 4.69) is 15.0 Å². The fourth-order valence-electron chi connectivity index (χ4n) is 4.09. The van der Waals surface area contributed by atoms with E-state index in [0.29, 0.717) is 32.7 Å². The second-order valence-corrected chi connectivity index (χ2v) is 8.04. The van der Waals surface area contributed by atoms with Gasteiger partial charge >= 0.3 is 6.18 Å². The first kappa shape index (κ1) is 22.2. The number of rotatable bonds is 4. The van der Waals surface area contributed by atoms with Crippen molar-refractivity contribution in [3.05, 3.63) is 58.7 Å². The fraction of sp³-hybridized carbons (Fsp3) is 0.409. The average molecular weight is 449 g/mol. The van der Waals surface area contributed by atoms with E-state index < -0.39 is 11.7 Å². The van der Waals surface area contributed by atoms with Gasteiger partial charge in [-0.1, -0.05) is 12.1 Å². The van der Waals surface area contributed by atoms with Crippen LogP contribution in [0.1, 0.15) is 22.5 Å². The molecule has 6 nitrogen and oxygen atoms in total. The summed E-state index contributed by atoms with van der Waals surface area (Å²) in [4.78, 5) is 20.9. The molecule has 1 saturated heterocycles. The number of hydrogen-bond donors (Lipinski definition) is 0. The Morgan fingerprint density at radius 1 is 1.09 bits per heavy atom. The SMILES string of the molecule is Cc1cc(C(F)(F)F)c2c(C)nn(CC(=O)N3CCN(Cc4cccc(F)c4)CC3)c2n1. The van der Waals surface area contributed by atoms with Crippen molar-refractivity contribution in [3.8, 4) is 0 Å². The van der Waals surface area contributed by atoms with E-state index >= 15 is 0 Å². The van der Waals surface area contributed by atoms with Crippen LogP contribution in [0.3, 0.4) is 0 Å². The minimum Gasteiger partial charge on any atom is -0.339 e. The van der Waals surface area contributed by atoms with Gasteiger partial charge in [-0.2, -0.15) is 18.3 Å². The summed E-state index contributed by atoms with van der Waals surface area (Å²) in [6, 6.07) is 7.42. The number of benzene rings is 1. The first-order valence-corrected chi connectivity index (χ1v) is 10.3. The van der Waals surface area contributed by atoms with Crippen LogP contribution in [0, 0.1) is 19.7 Å². The normalized spacial score (nSPS) is 15.5. The Balaban J connectivity index is 1.45. The molecule has 32 heavy (non-hydrogen) atoms. The Hall–Kier alpha value is -3.01. The largest absolute Gasteiger partial charge is 0.417 e. The van der Waals surface area contributed by atoms with Gasteiger partial charge in [-0.3, -0.25) is 9.69 Å². The van der Waals surface area contributed by atoms with Crippen LogP contribution >= 0.6 is 0 Å². The summed E-state index contributed by atoms with van der Waals surface area (Å²) in [5.41, 5.74) is 0.539. The van der Waals surface area contributed by atoms with E-state index in [1.54, 1.807) is 11.0 Å². The molecule has 0 aliphatic carbocycles. The van der Waals surface area contributed by atoms with Crippen molar-refractivity contribution in [2.24, 2.45) is 0 Å². The summed E-state index contributed by atoms with van der Waals surface area (Å²) >= 11 is 0. The van der Waals surface area contributed by atoms with E-state index in [1.807, 2.05) is 6.07 Å². The third kappa shape index (κ3) is 4.59. The minimum atomic E-state index is -4.54. The Morgan fingerprint density at radius 3 is 2.47 bits per heavy atom. The molecule has 0 radical (unpaired) electrons. The number of hydrogen-bond acceptors (Lipinski definition) is 4. The van der Waals surface area contributed by atoms with Gasteiger partial charge in [-0.25, -0.2) is 14.1 Å². The van der Waals surface area contributed by atoms with Gasteiger partial charge in [-0.15, -0.1) is 0 Å². The molecule has 3 heterocycles. The lowest BCUT2D eigenvalue weighted by Crippen LogP contribution is -2.49. The van der Waals surface area contributed by atoms with Crippen molar-refractivity contribution >= 4 is 16.9 Å². The van der Waals surface area contributed by atoms with Crippen LogP contribution in [-0.4, -0.2) is 56.7 Å². The smallest absolute Gasteiger partial charge is 0.339 e. The molecular weight excluding hydrogens is 426 g/mol. The van der Waals surface area contributed by atoms with Crippen molar-refractivity contribution in [3.63, 3.8) is 0 Å². The summed E-state index contributed by atoms with van der Waals surface area (Å²) in [5, 5.41) is 4.11. The number of fused-ring (bicyclic) bond motifs is 1. The van der Waals surface area contributed by atoms with Crippen LogP contribution in [0.15, 0.2) is 30.3 Å². The molecule has 2 aromatic heterocycles. The van der Waals surface area contributed by atoms with Gasteiger partial charge in [0.15, 0.2) is 5.65 Å². The fourth-order valence-corrected chi connectivity index (χ4v) is 4.09. The van der Waals surface area contributed by atoms with Gasteiger partial charge in [-0.05, 0) is 37.6 Å². The molecule has 0 atom stereocenters. The van der Waals surface area contributed by atoms with Gasteiger partial charge in [0.25, 0.3) is 0 Å². The maximum absolute atomic E-state index is 13.5. The van der Waals surface area contributed by atoms with Crippen LogP contribution in [0.2, 0.25) is 0 Å². The van der Waals surface area contributed by atoms with Crippen LogP contribution in [0.25, 0.3) is 11.0 Å². The molecule has 170 valence electrons. The van der Waals surface area contributed by atoms with Crippen LogP contribution in [0.4, 0.5) is 17.6 Å². The zero-order chi connectivity index (χ0) is 23.0. The van der Waals surface area contributed by atoms with Gasteiger partial charge in [0.05, 0.1) is 16.6 Å². The van der Waals surface area contributed by atoms with Crippen molar-refractivity contribution in [2.75, 3.05) is 26.2 Å². The third-order valence-electron chi connectivity index (χ3n) is 5.62. The summed E-state index contributed by atoms with van der Waals surface area (Å²) in [7, 11) is 0. The van der Waals surface area contributed by atoms with E-state index in [9.17, 15) is 22.4 Å². The molecule has 1 aliphatic rings. The summed E-state index contributed by atoms with van der Waals surface area (Å²) in [6.45, 7) is 5.59. The molecule has 1 amide bonds. The molecule has 0 bridgehead atoms. The molecule has 10 heteroatoms. The average Bonchev–Trinajstić information content (AvgIpc) is 3.02. The molecule has 1 fully saturated rings. The van der Waals surface area contributed by atoms with E-state index in [4.69, 9.17) is 0 Å². The van der Waals surface area contributed by atoms with E-state index in [-0.39, 0.29) is 40.7 Å². The van der Waals surface area contributed by atoms with Gasteiger partial charge in [0, 0.05) is 38.4 Å². The lowest BCUT2D eigenvalue weighted by Gasteiger charge is -2.34. The van der Waals surface area contributed by atoms with Crippen molar-refractivity contribution in [1.29, 1.82) is 0 Å². The van der Waals surface area contributed by atoms with Crippen LogP contribution in [0.5, 0.6) is 0 Å². The highest BCUT2D eigenvalue weighted by atomic mass is 19.4. The molecule has 3 aromatic rings. The summed E-state index contributed by atoms with van der Waals surface area (Å²) in [6.07, 6.45) is -4.54. The van der Waals surface area contributed by atoms with E-state index in [0.717, 1.165) is 11.6 Å². The second-order valence-electron chi connectivity index (χ2n) is 8.04. The molecule has 1 aliphatic heterocycles. The molecule has 0 N–H and O–H groups in total. The monoisotopic (exact) mass is 449 g/mol. The number of aromatic nitrogens is 3. The maximum Gasteiger partial charge on any atom is 0.417 e. The number of carbonyl (C=O) groups is 1. The lowest BCUT2D eigenvalue weighted by atomic mass is 10.1. The minimum absolute atomic E-state index is 0.0629. The van der Waals surface area contributed by atoms with Gasteiger partial charge in [0.2, 0.25) is 5.91 Å². The number of halogens is 4. The number of amides is 1. The van der Waals surface area contributed by atoms with Crippen LogP contribution in [-0.2, 0) is 24.1 Å². The number of piperazine rings is 1. The second kappa shape index (κ2) is 8.50. The number of pyridine rings is 1. The summed E-state index contributed by atoms with van der Waals surface area (Å²) in [5.74, 6) is -0.507. The quantitative estimate of drug-likeness (QED) is 0.572. The van der Waals surface area contributed by atoms with Gasteiger partial charge < -0.3 is 4.90 Å². The Labute approximate surface area is 182 Å². The van der Waals surface area contributed by atoms with Crippen molar-refractivity contribution in [2.45, 2.75) is 33.1 Å².